The Labute approximate surface area is 87.8 Å². The van der Waals surface area contributed by atoms with E-state index in [1.54, 1.807) is 7.11 Å². The van der Waals surface area contributed by atoms with Crippen molar-refractivity contribution in [1.29, 1.82) is 0 Å². The molecule has 0 aliphatic heterocycles. The Balaban J connectivity index is 2.14. The second-order valence-corrected chi connectivity index (χ2v) is 3.37. The molecule has 1 heterocycles. The third-order valence-corrected chi connectivity index (χ3v) is 2.04. The van der Waals surface area contributed by atoms with Gasteiger partial charge in [-0.05, 0) is 19.1 Å². The molecule has 80 valence electrons. The zero-order valence-electron chi connectivity index (χ0n) is 8.77. The van der Waals surface area contributed by atoms with Crippen molar-refractivity contribution >= 4 is 11.1 Å². The Kier molecular flexibility index (Phi) is 2.87. The van der Waals surface area contributed by atoms with Gasteiger partial charge in [0.25, 0.3) is 0 Å². The first-order chi connectivity index (χ1) is 7.29. The summed E-state index contributed by atoms with van der Waals surface area (Å²) in [5.74, 6) is 0.779. The highest BCUT2D eigenvalue weighted by Gasteiger charge is 2.05. The summed E-state index contributed by atoms with van der Waals surface area (Å²) in [5.41, 5.74) is 1.57. The number of methoxy groups -OCH3 is 1. The van der Waals surface area contributed by atoms with Crippen LogP contribution in [0.1, 0.15) is 6.92 Å². The van der Waals surface area contributed by atoms with Gasteiger partial charge in [0, 0.05) is 13.2 Å². The summed E-state index contributed by atoms with van der Waals surface area (Å²) in [6.45, 7) is 2.52. The number of ether oxygens (including phenoxy) is 2. The zero-order chi connectivity index (χ0) is 10.7. The van der Waals surface area contributed by atoms with Crippen LogP contribution in [0, 0.1) is 0 Å². The van der Waals surface area contributed by atoms with Gasteiger partial charge in [0.2, 0.25) is 0 Å². The third-order valence-electron chi connectivity index (χ3n) is 2.04. The van der Waals surface area contributed by atoms with Crippen molar-refractivity contribution in [2.75, 3.05) is 13.7 Å². The minimum Gasteiger partial charge on any atom is -0.488 e. The van der Waals surface area contributed by atoms with Crippen molar-refractivity contribution in [3.8, 4) is 5.75 Å². The van der Waals surface area contributed by atoms with Crippen LogP contribution in [0.15, 0.2) is 29.0 Å². The molecule has 4 nitrogen and oxygen atoms in total. The molecule has 0 aliphatic rings. The topological polar surface area (TPSA) is 44.5 Å². The summed E-state index contributed by atoms with van der Waals surface area (Å²) >= 11 is 0. The maximum absolute atomic E-state index is 5.63. The van der Waals surface area contributed by atoms with Crippen LogP contribution in [0.5, 0.6) is 5.75 Å². The number of oxazole rings is 1. The first-order valence-electron chi connectivity index (χ1n) is 4.78. The van der Waals surface area contributed by atoms with E-state index < -0.39 is 0 Å². The number of benzene rings is 1. The van der Waals surface area contributed by atoms with Crippen molar-refractivity contribution in [1.82, 2.24) is 4.98 Å². The van der Waals surface area contributed by atoms with Gasteiger partial charge in [-0.1, -0.05) is 0 Å². The van der Waals surface area contributed by atoms with Gasteiger partial charge in [-0.15, -0.1) is 0 Å². The van der Waals surface area contributed by atoms with Crippen LogP contribution in [-0.4, -0.2) is 24.8 Å². The van der Waals surface area contributed by atoms with Crippen molar-refractivity contribution in [2.45, 2.75) is 13.0 Å². The summed E-state index contributed by atoms with van der Waals surface area (Å²) in [6.07, 6.45) is 1.45. The van der Waals surface area contributed by atoms with E-state index in [0.29, 0.717) is 6.61 Å². The fourth-order valence-corrected chi connectivity index (χ4v) is 1.41. The lowest BCUT2D eigenvalue weighted by molar-refractivity contribution is 0.0922. The van der Waals surface area contributed by atoms with Crippen molar-refractivity contribution in [3.63, 3.8) is 0 Å². The van der Waals surface area contributed by atoms with Gasteiger partial charge in [0.05, 0.1) is 6.61 Å². The molecule has 1 aromatic carbocycles. The van der Waals surface area contributed by atoms with E-state index in [1.807, 2.05) is 25.1 Å². The lowest BCUT2D eigenvalue weighted by atomic mass is 10.3. The van der Waals surface area contributed by atoms with Gasteiger partial charge in [-0.25, -0.2) is 4.98 Å². The number of rotatable bonds is 4. The van der Waals surface area contributed by atoms with Crippen LogP contribution in [0.3, 0.4) is 0 Å². The van der Waals surface area contributed by atoms with Gasteiger partial charge < -0.3 is 13.9 Å². The smallest absolute Gasteiger partial charge is 0.181 e. The molecule has 0 saturated heterocycles. The highest BCUT2D eigenvalue weighted by molar-refractivity contribution is 5.73. The molecule has 1 aromatic heterocycles. The fraction of sp³-hybridized carbons (Fsp3) is 0.364. The molecule has 0 N–H and O–H groups in total. The van der Waals surface area contributed by atoms with Gasteiger partial charge in [0.15, 0.2) is 12.0 Å². The van der Waals surface area contributed by atoms with Crippen LogP contribution in [0.2, 0.25) is 0 Å². The van der Waals surface area contributed by atoms with Gasteiger partial charge in [-0.2, -0.15) is 0 Å². The monoisotopic (exact) mass is 207 g/mol. The molecular formula is C11H13NO3. The van der Waals surface area contributed by atoms with Crippen LogP contribution in [0.25, 0.3) is 11.1 Å². The molecule has 0 unspecified atom stereocenters. The number of fused-ring (bicyclic) bond motifs is 1. The summed E-state index contributed by atoms with van der Waals surface area (Å²) < 4.78 is 15.7. The molecule has 0 aliphatic carbocycles. The molecule has 4 heteroatoms. The normalized spacial score (nSPS) is 12.9. The van der Waals surface area contributed by atoms with Crippen LogP contribution in [0.4, 0.5) is 0 Å². The molecule has 15 heavy (non-hydrogen) atoms. The second-order valence-electron chi connectivity index (χ2n) is 3.37. The minimum absolute atomic E-state index is 0.0272. The van der Waals surface area contributed by atoms with E-state index in [2.05, 4.69) is 4.98 Å². The van der Waals surface area contributed by atoms with Crippen LogP contribution in [-0.2, 0) is 4.74 Å². The average molecular weight is 207 g/mol. The van der Waals surface area contributed by atoms with E-state index in [1.165, 1.54) is 6.39 Å². The third kappa shape index (κ3) is 2.27. The molecule has 0 fully saturated rings. The number of hydrogen-bond acceptors (Lipinski definition) is 4. The summed E-state index contributed by atoms with van der Waals surface area (Å²) in [7, 11) is 1.65. The van der Waals surface area contributed by atoms with Crippen LogP contribution < -0.4 is 4.74 Å². The molecule has 2 aromatic rings. The quantitative estimate of drug-likeness (QED) is 0.771. The Morgan fingerprint density at radius 3 is 3.13 bits per heavy atom. The lowest BCUT2D eigenvalue weighted by Crippen LogP contribution is -2.17. The molecule has 1 atom stereocenters. The first kappa shape index (κ1) is 9.98. The highest BCUT2D eigenvalue weighted by Crippen LogP contribution is 2.20. The SMILES string of the molecule is COC[C@@H](C)Oc1ccc2ocnc2c1. The van der Waals surface area contributed by atoms with E-state index in [4.69, 9.17) is 13.9 Å². The highest BCUT2D eigenvalue weighted by atomic mass is 16.5. The van der Waals surface area contributed by atoms with E-state index in [0.717, 1.165) is 16.8 Å². The molecule has 0 radical (unpaired) electrons. The lowest BCUT2D eigenvalue weighted by Gasteiger charge is -2.13. The fourth-order valence-electron chi connectivity index (χ4n) is 1.41. The first-order valence-corrected chi connectivity index (χ1v) is 4.78. The zero-order valence-corrected chi connectivity index (χ0v) is 8.77. The van der Waals surface area contributed by atoms with Crippen LogP contribution >= 0.6 is 0 Å². The maximum Gasteiger partial charge on any atom is 0.181 e. The molecule has 0 amide bonds. The Morgan fingerprint density at radius 1 is 1.47 bits per heavy atom. The minimum atomic E-state index is 0.0272. The summed E-state index contributed by atoms with van der Waals surface area (Å²) in [6, 6.07) is 5.56. The van der Waals surface area contributed by atoms with E-state index >= 15 is 0 Å². The Morgan fingerprint density at radius 2 is 2.33 bits per heavy atom. The van der Waals surface area contributed by atoms with Crippen molar-refractivity contribution < 1.29 is 13.9 Å². The largest absolute Gasteiger partial charge is 0.488 e. The van der Waals surface area contributed by atoms with Gasteiger partial charge >= 0.3 is 0 Å². The molecule has 0 spiro atoms. The van der Waals surface area contributed by atoms with Gasteiger partial charge in [0.1, 0.15) is 17.4 Å². The predicted octanol–water partition coefficient (Wildman–Crippen LogP) is 2.24. The number of nitrogens with zero attached hydrogens (tertiary/aromatic N) is 1. The standard InChI is InChI=1S/C11H13NO3/c1-8(6-13-2)15-9-3-4-11-10(5-9)12-7-14-11/h3-5,7-8H,6H2,1-2H3/t8-/m1/s1. The number of hydrogen-bond donors (Lipinski definition) is 0. The molecule has 2 rings (SSSR count). The molecule has 0 bridgehead atoms. The van der Waals surface area contributed by atoms with E-state index in [9.17, 15) is 0 Å². The predicted molar refractivity (Wildman–Crippen MR) is 56.0 cm³/mol. The number of aromatic nitrogens is 1. The van der Waals surface area contributed by atoms with Crippen molar-refractivity contribution in [2.24, 2.45) is 0 Å². The molecular weight excluding hydrogens is 194 g/mol. The van der Waals surface area contributed by atoms with Crippen molar-refractivity contribution in [3.05, 3.63) is 24.6 Å². The summed E-state index contributed by atoms with van der Waals surface area (Å²) in [5, 5.41) is 0. The average Bonchev–Trinajstić information content (AvgIpc) is 2.65. The summed E-state index contributed by atoms with van der Waals surface area (Å²) in [4.78, 5) is 4.05. The van der Waals surface area contributed by atoms with E-state index in [-0.39, 0.29) is 6.10 Å². The Hall–Kier alpha value is -1.55. The second kappa shape index (κ2) is 4.31. The Bertz CT molecular complexity index is 438. The maximum atomic E-state index is 5.63. The molecule has 0 saturated carbocycles. The van der Waals surface area contributed by atoms with Gasteiger partial charge in [-0.3, -0.25) is 0 Å².